The van der Waals surface area contributed by atoms with Gasteiger partial charge in [0, 0.05) is 57.2 Å². The summed E-state index contributed by atoms with van der Waals surface area (Å²) in [6.07, 6.45) is 5.23. The zero-order valence-electron chi connectivity index (χ0n) is 15.2. The Morgan fingerprint density at radius 2 is 1.96 bits per heavy atom. The van der Waals surface area contributed by atoms with Crippen LogP contribution in [0.15, 0.2) is 42.3 Å². The molecule has 0 aliphatic carbocycles. The molecule has 2 aromatic heterocycles. The summed E-state index contributed by atoms with van der Waals surface area (Å²) in [5.41, 5.74) is 0.928. The largest absolute Gasteiger partial charge is 0.395 e. The van der Waals surface area contributed by atoms with Crippen molar-refractivity contribution < 1.29 is 9.90 Å². The molecule has 2 aromatic rings. The number of β-amino-alcohol motifs (C(OH)–C–C–N with tert-alkyl or cyclic N) is 1. The molecule has 0 unspecified atom stereocenters. The van der Waals surface area contributed by atoms with Gasteiger partial charge >= 0.3 is 0 Å². The van der Waals surface area contributed by atoms with Crippen LogP contribution in [0.25, 0.3) is 11.4 Å². The first-order valence-corrected chi connectivity index (χ1v) is 9.89. The first-order chi connectivity index (χ1) is 13.2. The molecule has 0 aromatic carbocycles. The van der Waals surface area contributed by atoms with Crippen molar-refractivity contribution in [2.45, 2.75) is 11.7 Å². The number of rotatable bonds is 8. The Morgan fingerprint density at radius 3 is 2.63 bits per heavy atom. The minimum atomic E-state index is 0.0993. The summed E-state index contributed by atoms with van der Waals surface area (Å²) in [7, 11) is 0. The summed E-state index contributed by atoms with van der Waals surface area (Å²) in [6, 6.07) is 3.77. The monoisotopic (exact) mass is 388 g/mol. The number of pyridine rings is 1. The van der Waals surface area contributed by atoms with Gasteiger partial charge in [0.1, 0.15) is 0 Å². The summed E-state index contributed by atoms with van der Waals surface area (Å²) in [5, 5.41) is 18.3. The molecular weight excluding hydrogens is 364 g/mol. The molecule has 1 aliphatic heterocycles. The number of thioether (sulfide) groups is 1. The average molecular weight is 388 g/mol. The summed E-state index contributed by atoms with van der Waals surface area (Å²) in [4.78, 5) is 20.6. The SMILES string of the molecule is C=CCn1c(SCC(=O)N2CCN(CCO)CC2)nnc1-c1ccncc1. The lowest BCUT2D eigenvalue weighted by Gasteiger charge is -2.34. The molecule has 1 saturated heterocycles. The summed E-state index contributed by atoms with van der Waals surface area (Å²) in [5.74, 6) is 1.16. The highest BCUT2D eigenvalue weighted by molar-refractivity contribution is 7.99. The van der Waals surface area contributed by atoms with Crippen molar-refractivity contribution in [1.82, 2.24) is 29.5 Å². The number of carbonyl (C=O) groups excluding carboxylic acids is 1. The fraction of sp³-hybridized carbons (Fsp3) is 0.444. The first kappa shape index (κ1) is 19.5. The van der Waals surface area contributed by atoms with Gasteiger partial charge in [-0.3, -0.25) is 19.2 Å². The van der Waals surface area contributed by atoms with E-state index >= 15 is 0 Å². The van der Waals surface area contributed by atoms with Crippen molar-refractivity contribution in [2.75, 3.05) is 45.1 Å². The van der Waals surface area contributed by atoms with E-state index in [1.807, 2.05) is 21.6 Å². The molecule has 0 bridgehead atoms. The van der Waals surface area contributed by atoms with Crippen molar-refractivity contribution in [3.8, 4) is 11.4 Å². The zero-order chi connectivity index (χ0) is 19.1. The fourth-order valence-corrected chi connectivity index (χ4v) is 3.83. The number of hydrogen-bond acceptors (Lipinski definition) is 7. The highest BCUT2D eigenvalue weighted by atomic mass is 32.2. The number of aromatic nitrogens is 4. The van der Waals surface area contributed by atoms with Crippen LogP contribution in [0.2, 0.25) is 0 Å². The molecule has 1 aliphatic rings. The first-order valence-electron chi connectivity index (χ1n) is 8.91. The van der Waals surface area contributed by atoms with Crippen molar-refractivity contribution in [3.05, 3.63) is 37.2 Å². The van der Waals surface area contributed by atoms with Gasteiger partial charge in [-0.15, -0.1) is 16.8 Å². The summed E-state index contributed by atoms with van der Waals surface area (Å²) >= 11 is 1.40. The number of allylic oxidation sites excluding steroid dienone is 1. The molecule has 144 valence electrons. The lowest BCUT2D eigenvalue weighted by Crippen LogP contribution is -2.49. The molecular formula is C18H24N6O2S. The highest BCUT2D eigenvalue weighted by Gasteiger charge is 2.22. The van der Waals surface area contributed by atoms with Crippen molar-refractivity contribution >= 4 is 17.7 Å². The summed E-state index contributed by atoms with van der Waals surface area (Å²) < 4.78 is 1.96. The normalized spacial score (nSPS) is 15.1. The second-order valence-corrected chi connectivity index (χ2v) is 7.12. The van der Waals surface area contributed by atoms with Crippen LogP contribution in [0.5, 0.6) is 0 Å². The second-order valence-electron chi connectivity index (χ2n) is 6.18. The number of aliphatic hydroxyl groups is 1. The van der Waals surface area contributed by atoms with E-state index in [1.165, 1.54) is 11.8 Å². The van der Waals surface area contributed by atoms with Crippen LogP contribution in [-0.4, -0.2) is 85.6 Å². The third-order valence-electron chi connectivity index (χ3n) is 4.43. The number of carbonyl (C=O) groups is 1. The number of nitrogens with zero attached hydrogens (tertiary/aromatic N) is 6. The Bertz CT molecular complexity index is 758. The zero-order valence-corrected chi connectivity index (χ0v) is 16.0. The maximum Gasteiger partial charge on any atom is 0.233 e. The third kappa shape index (κ3) is 4.94. The third-order valence-corrected chi connectivity index (χ3v) is 5.38. The highest BCUT2D eigenvalue weighted by Crippen LogP contribution is 2.24. The lowest BCUT2D eigenvalue weighted by atomic mass is 10.2. The van der Waals surface area contributed by atoms with Gasteiger partial charge in [-0.25, -0.2) is 0 Å². The minimum absolute atomic E-state index is 0.0993. The van der Waals surface area contributed by atoms with Crippen LogP contribution in [0.4, 0.5) is 0 Å². The Balaban J connectivity index is 1.62. The molecule has 1 N–H and O–H groups in total. The van der Waals surface area contributed by atoms with Crippen LogP contribution in [0, 0.1) is 0 Å². The van der Waals surface area contributed by atoms with Gasteiger partial charge in [0.05, 0.1) is 12.4 Å². The molecule has 9 heteroatoms. The maximum atomic E-state index is 12.5. The van der Waals surface area contributed by atoms with Crippen molar-refractivity contribution in [3.63, 3.8) is 0 Å². The van der Waals surface area contributed by atoms with Crippen molar-refractivity contribution in [2.24, 2.45) is 0 Å². The molecule has 27 heavy (non-hydrogen) atoms. The predicted octanol–water partition coefficient (Wildman–Crippen LogP) is 0.755. The summed E-state index contributed by atoms with van der Waals surface area (Å²) in [6.45, 7) is 8.19. The van der Waals surface area contributed by atoms with Gasteiger partial charge < -0.3 is 10.0 Å². The lowest BCUT2D eigenvalue weighted by molar-refractivity contribution is -0.130. The molecule has 0 atom stereocenters. The van der Waals surface area contributed by atoms with Gasteiger partial charge in [-0.2, -0.15) is 0 Å². The van der Waals surface area contributed by atoms with Gasteiger partial charge in [-0.05, 0) is 12.1 Å². The Kier molecular flexibility index (Phi) is 6.97. The van der Waals surface area contributed by atoms with E-state index in [-0.39, 0.29) is 12.5 Å². The van der Waals surface area contributed by atoms with Gasteiger partial charge in [0.2, 0.25) is 5.91 Å². The molecule has 3 heterocycles. The van der Waals surface area contributed by atoms with E-state index < -0.39 is 0 Å². The molecule has 1 fully saturated rings. The van der Waals surface area contributed by atoms with Crippen molar-refractivity contribution in [1.29, 1.82) is 0 Å². The molecule has 8 nitrogen and oxygen atoms in total. The standard InChI is InChI=1S/C18H24N6O2S/c1-2-7-24-17(15-3-5-19-6-4-15)20-21-18(24)27-14-16(26)23-10-8-22(9-11-23)12-13-25/h2-6,25H,1,7-14H2. The molecule has 1 amide bonds. The van der Waals surface area contributed by atoms with E-state index in [0.717, 1.165) is 24.5 Å². The smallest absolute Gasteiger partial charge is 0.233 e. The number of hydrogen-bond donors (Lipinski definition) is 1. The number of aliphatic hydroxyl groups excluding tert-OH is 1. The minimum Gasteiger partial charge on any atom is -0.395 e. The van der Waals surface area contributed by atoms with E-state index in [2.05, 4.69) is 26.7 Å². The fourth-order valence-electron chi connectivity index (χ4n) is 2.98. The van der Waals surface area contributed by atoms with Crippen LogP contribution in [0.3, 0.4) is 0 Å². The molecule has 0 spiro atoms. The van der Waals surface area contributed by atoms with Crippen LogP contribution < -0.4 is 0 Å². The van der Waals surface area contributed by atoms with E-state index in [9.17, 15) is 4.79 Å². The molecule has 3 rings (SSSR count). The van der Waals surface area contributed by atoms with Gasteiger partial charge in [-0.1, -0.05) is 17.8 Å². The molecule has 0 radical (unpaired) electrons. The van der Waals surface area contributed by atoms with E-state index in [1.54, 1.807) is 18.5 Å². The molecule has 0 saturated carbocycles. The topological polar surface area (TPSA) is 87.4 Å². The van der Waals surface area contributed by atoms with Crippen LogP contribution >= 0.6 is 11.8 Å². The quantitative estimate of drug-likeness (QED) is 0.527. The van der Waals surface area contributed by atoms with Gasteiger partial charge in [0.25, 0.3) is 0 Å². The van der Waals surface area contributed by atoms with Crippen LogP contribution in [0.1, 0.15) is 0 Å². The number of amides is 1. The Hall–Kier alpha value is -2.23. The Morgan fingerprint density at radius 1 is 1.22 bits per heavy atom. The van der Waals surface area contributed by atoms with Crippen LogP contribution in [-0.2, 0) is 11.3 Å². The average Bonchev–Trinajstić information content (AvgIpc) is 3.10. The second kappa shape index (κ2) is 9.63. The number of piperazine rings is 1. The van der Waals surface area contributed by atoms with E-state index in [4.69, 9.17) is 5.11 Å². The maximum absolute atomic E-state index is 12.5. The van der Waals surface area contributed by atoms with E-state index in [0.29, 0.717) is 37.1 Å². The Labute approximate surface area is 162 Å². The predicted molar refractivity (Wildman–Crippen MR) is 104 cm³/mol. The van der Waals surface area contributed by atoms with Gasteiger partial charge in [0.15, 0.2) is 11.0 Å².